The number of amides is 1. The van der Waals surface area contributed by atoms with Crippen molar-refractivity contribution in [3.05, 3.63) is 53.6 Å². The largest absolute Gasteiger partial charge is 0.475 e. The molecule has 0 radical (unpaired) electrons. The van der Waals surface area contributed by atoms with E-state index in [1.54, 1.807) is 25.1 Å². The maximum atomic E-state index is 12.5. The van der Waals surface area contributed by atoms with Gasteiger partial charge in [0.1, 0.15) is 5.52 Å². The van der Waals surface area contributed by atoms with E-state index >= 15 is 0 Å². The second kappa shape index (κ2) is 5.92. The number of aromatic nitrogens is 5. The quantitative estimate of drug-likeness (QED) is 0.559. The molecule has 0 saturated carbocycles. The van der Waals surface area contributed by atoms with Gasteiger partial charge in [0.2, 0.25) is 11.6 Å². The van der Waals surface area contributed by atoms with Crippen LogP contribution >= 0.6 is 0 Å². The minimum absolute atomic E-state index is 0.157. The van der Waals surface area contributed by atoms with Gasteiger partial charge in [-0.2, -0.15) is 14.6 Å². The van der Waals surface area contributed by atoms with Crippen LogP contribution in [0.2, 0.25) is 0 Å². The maximum absolute atomic E-state index is 12.5. The molecule has 10 nitrogen and oxygen atoms in total. The molecule has 2 N–H and O–H groups in total. The Hall–Kier alpha value is -3.82. The molecule has 0 saturated heterocycles. The Bertz CT molecular complexity index is 1160. The van der Waals surface area contributed by atoms with Gasteiger partial charge in [0.05, 0.1) is 6.20 Å². The lowest BCUT2D eigenvalue weighted by Crippen LogP contribution is -2.28. The molecule has 0 bridgehead atoms. The Morgan fingerprint density at radius 3 is 2.88 bits per heavy atom. The highest BCUT2D eigenvalue weighted by molar-refractivity contribution is 5.93. The lowest BCUT2D eigenvalue weighted by Gasteiger charge is -2.07. The van der Waals surface area contributed by atoms with E-state index in [-0.39, 0.29) is 18.0 Å². The van der Waals surface area contributed by atoms with Gasteiger partial charge in [0, 0.05) is 19.5 Å². The molecule has 0 aliphatic rings. The van der Waals surface area contributed by atoms with E-state index in [0.29, 0.717) is 17.0 Å². The summed E-state index contributed by atoms with van der Waals surface area (Å²) in [5.74, 6) is -1.96. The fourth-order valence-electron chi connectivity index (χ4n) is 2.53. The highest BCUT2D eigenvalue weighted by Gasteiger charge is 2.18. The highest BCUT2D eigenvalue weighted by atomic mass is 16.4. The van der Waals surface area contributed by atoms with Gasteiger partial charge in [0.25, 0.3) is 5.91 Å². The van der Waals surface area contributed by atoms with Crippen molar-refractivity contribution in [2.45, 2.75) is 13.5 Å². The molecule has 3 heterocycles. The Morgan fingerprint density at radius 2 is 2.08 bits per heavy atom. The molecule has 4 rings (SSSR count). The first-order valence-electron chi connectivity index (χ1n) is 7.60. The minimum Gasteiger partial charge on any atom is -0.475 e. The van der Waals surface area contributed by atoms with E-state index in [2.05, 4.69) is 25.4 Å². The number of hydrogen-bond donors (Lipinski definition) is 2. The summed E-state index contributed by atoms with van der Waals surface area (Å²) >= 11 is 0. The van der Waals surface area contributed by atoms with Crippen molar-refractivity contribution >= 4 is 28.6 Å². The van der Waals surface area contributed by atoms with Crippen molar-refractivity contribution < 1.29 is 19.1 Å². The van der Waals surface area contributed by atoms with Crippen molar-refractivity contribution in [2.75, 3.05) is 0 Å². The molecule has 0 spiro atoms. The molecule has 4 aromatic rings. The van der Waals surface area contributed by atoms with Crippen LogP contribution < -0.4 is 5.32 Å². The van der Waals surface area contributed by atoms with E-state index in [9.17, 15) is 9.59 Å². The van der Waals surface area contributed by atoms with Crippen LogP contribution in [0.5, 0.6) is 0 Å². The van der Waals surface area contributed by atoms with Crippen molar-refractivity contribution in [2.24, 2.45) is 0 Å². The summed E-state index contributed by atoms with van der Waals surface area (Å²) in [4.78, 5) is 35.5. The zero-order chi connectivity index (χ0) is 18.3. The number of benzene rings is 1. The Balaban J connectivity index is 1.60. The summed E-state index contributed by atoms with van der Waals surface area (Å²) in [5, 5.41) is 15.7. The second-order valence-corrected chi connectivity index (χ2v) is 5.49. The van der Waals surface area contributed by atoms with E-state index in [0.717, 1.165) is 5.56 Å². The molecule has 3 aromatic heterocycles. The zero-order valence-electron chi connectivity index (χ0n) is 13.5. The summed E-state index contributed by atoms with van der Waals surface area (Å²) in [6.45, 7) is 1.96. The predicted molar refractivity (Wildman–Crippen MR) is 87.7 cm³/mol. The van der Waals surface area contributed by atoms with Crippen LogP contribution in [-0.2, 0) is 6.54 Å². The molecule has 0 aliphatic carbocycles. The number of aromatic carboxylic acids is 1. The second-order valence-electron chi connectivity index (χ2n) is 5.49. The molecule has 0 atom stereocenters. The standard InChI is InChI=1S/C16H12N6O4/c1-8-19-10-6-9(2-3-11(10)26-8)7-17-15(23)14-21-13(16(24)25)20-12-4-5-18-22(12)14/h2-6H,7H2,1H3,(H,17,23)(H,24,25). The van der Waals surface area contributed by atoms with Gasteiger partial charge in [-0.25, -0.2) is 14.8 Å². The average molecular weight is 352 g/mol. The van der Waals surface area contributed by atoms with Crippen LogP contribution in [0.15, 0.2) is 34.9 Å². The summed E-state index contributed by atoms with van der Waals surface area (Å²) in [6.07, 6.45) is 1.41. The van der Waals surface area contributed by atoms with Crippen LogP contribution in [0, 0.1) is 6.92 Å². The third-order valence-electron chi connectivity index (χ3n) is 3.66. The fraction of sp³-hybridized carbons (Fsp3) is 0.125. The molecule has 1 amide bonds. The van der Waals surface area contributed by atoms with Crippen LogP contribution in [0.4, 0.5) is 0 Å². The summed E-state index contributed by atoms with van der Waals surface area (Å²) in [7, 11) is 0. The third kappa shape index (κ3) is 2.73. The van der Waals surface area contributed by atoms with Crippen molar-refractivity contribution in [3.63, 3.8) is 0 Å². The summed E-state index contributed by atoms with van der Waals surface area (Å²) in [6, 6.07) is 6.87. The number of rotatable bonds is 4. The van der Waals surface area contributed by atoms with Crippen molar-refractivity contribution in [3.8, 4) is 0 Å². The number of carboxylic acid groups (broad SMARTS) is 1. The first-order valence-corrected chi connectivity index (χ1v) is 7.60. The Morgan fingerprint density at radius 1 is 1.23 bits per heavy atom. The number of carbonyl (C=O) groups is 2. The van der Waals surface area contributed by atoms with Gasteiger partial charge < -0.3 is 14.8 Å². The number of nitrogens with zero attached hydrogens (tertiary/aromatic N) is 5. The van der Waals surface area contributed by atoms with E-state index in [1.165, 1.54) is 16.8 Å². The molecule has 0 fully saturated rings. The van der Waals surface area contributed by atoms with Crippen molar-refractivity contribution in [1.29, 1.82) is 0 Å². The maximum Gasteiger partial charge on any atom is 0.374 e. The Kier molecular flexibility index (Phi) is 3.57. The molecule has 0 aliphatic heterocycles. The molecular formula is C16H12N6O4. The molecular weight excluding hydrogens is 340 g/mol. The SMILES string of the molecule is Cc1nc2cc(CNC(=O)c3nc(C(=O)O)nc4ccnn34)ccc2o1. The topological polar surface area (TPSA) is 136 Å². The number of fused-ring (bicyclic) bond motifs is 2. The summed E-state index contributed by atoms with van der Waals surface area (Å²) < 4.78 is 6.60. The zero-order valence-corrected chi connectivity index (χ0v) is 13.5. The number of nitrogens with one attached hydrogen (secondary N) is 1. The van der Waals surface area contributed by atoms with Gasteiger partial charge in [0.15, 0.2) is 17.1 Å². The monoisotopic (exact) mass is 352 g/mol. The highest BCUT2D eigenvalue weighted by Crippen LogP contribution is 2.16. The molecule has 130 valence electrons. The summed E-state index contributed by atoms with van der Waals surface area (Å²) in [5.41, 5.74) is 2.39. The normalized spacial score (nSPS) is 11.1. The van der Waals surface area contributed by atoms with Crippen LogP contribution in [-0.4, -0.2) is 41.5 Å². The number of aryl methyl sites for hydroxylation is 1. The van der Waals surface area contributed by atoms with Gasteiger partial charge in [-0.05, 0) is 17.7 Å². The van der Waals surface area contributed by atoms with Crippen LogP contribution in [0.25, 0.3) is 16.7 Å². The van der Waals surface area contributed by atoms with Crippen LogP contribution in [0.3, 0.4) is 0 Å². The molecule has 1 aromatic carbocycles. The molecule has 10 heteroatoms. The molecule has 0 unspecified atom stereocenters. The lowest BCUT2D eigenvalue weighted by molar-refractivity contribution is 0.0683. The minimum atomic E-state index is -1.32. The van der Waals surface area contributed by atoms with E-state index < -0.39 is 17.7 Å². The number of carboxylic acids is 1. The predicted octanol–water partition coefficient (Wildman–Crippen LogP) is 1.20. The first kappa shape index (κ1) is 15.7. The van der Waals surface area contributed by atoms with Gasteiger partial charge in [-0.15, -0.1) is 0 Å². The Labute approximate surface area is 145 Å². The lowest BCUT2D eigenvalue weighted by atomic mass is 10.2. The van der Waals surface area contributed by atoms with Gasteiger partial charge in [-0.3, -0.25) is 4.79 Å². The van der Waals surface area contributed by atoms with E-state index in [4.69, 9.17) is 9.52 Å². The molecule has 26 heavy (non-hydrogen) atoms. The average Bonchev–Trinajstić information content (AvgIpc) is 3.23. The van der Waals surface area contributed by atoms with Gasteiger partial charge >= 0.3 is 5.97 Å². The number of hydrogen-bond acceptors (Lipinski definition) is 7. The first-order chi connectivity index (χ1) is 12.5. The van der Waals surface area contributed by atoms with Crippen molar-refractivity contribution in [1.82, 2.24) is 29.9 Å². The smallest absolute Gasteiger partial charge is 0.374 e. The van der Waals surface area contributed by atoms with E-state index in [1.807, 2.05) is 0 Å². The van der Waals surface area contributed by atoms with Crippen LogP contribution in [0.1, 0.15) is 32.7 Å². The number of carbonyl (C=O) groups excluding carboxylic acids is 1. The number of oxazole rings is 1. The van der Waals surface area contributed by atoms with Gasteiger partial charge in [-0.1, -0.05) is 6.07 Å². The fourth-order valence-corrected chi connectivity index (χ4v) is 2.53. The third-order valence-corrected chi connectivity index (χ3v) is 3.66.